The average molecular weight is 487 g/mol. The van der Waals surface area contributed by atoms with Crippen molar-refractivity contribution in [1.29, 1.82) is 0 Å². The topological polar surface area (TPSA) is 68.6 Å². The number of carbonyl (C=O) groups excluding carboxylic acids is 1. The highest BCUT2D eigenvalue weighted by Gasteiger charge is 2.48. The van der Waals surface area contributed by atoms with E-state index in [1.807, 2.05) is 48.5 Å². The molecule has 0 aliphatic carbocycles. The van der Waals surface area contributed by atoms with E-state index in [1.54, 1.807) is 4.90 Å². The van der Waals surface area contributed by atoms with Crippen molar-refractivity contribution in [1.82, 2.24) is 19.8 Å². The van der Waals surface area contributed by atoms with Crippen LogP contribution in [0.5, 0.6) is 5.75 Å². The van der Waals surface area contributed by atoms with Crippen LogP contribution in [-0.4, -0.2) is 45.7 Å². The minimum absolute atomic E-state index is 0.106. The Morgan fingerprint density at radius 2 is 1.83 bits per heavy atom. The maximum Gasteiger partial charge on any atom is 0.410 e. The summed E-state index contributed by atoms with van der Waals surface area (Å²) in [5, 5.41) is 3.64. The molecular weight excluding hydrogens is 452 g/mol. The molecule has 1 amide bonds. The molecule has 1 unspecified atom stereocenters. The van der Waals surface area contributed by atoms with E-state index in [0.29, 0.717) is 31.8 Å². The van der Waals surface area contributed by atoms with Gasteiger partial charge < -0.3 is 24.3 Å². The first-order valence-electron chi connectivity index (χ1n) is 12.9. The van der Waals surface area contributed by atoms with E-state index in [9.17, 15) is 4.79 Å². The molecule has 3 aliphatic rings. The Kier molecular flexibility index (Phi) is 5.56. The van der Waals surface area contributed by atoms with Gasteiger partial charge in [-0.1, -0.05) is 42.5 Å². The summed E-state index contributed by atoms with van der Waals surface area (Å²) in [6, 6.07) is 18.0. The Bertz CT molecular complexity index is 1270. The first kappa shape index (κ1) is 23.1. The van der Waals surface area contributed by atoms with Crippen molar-refractivity contribution in [2.75, 3.05) is 19.6 Å². The number of hydrogen-bond acceptors (Lipinski definition) is 5. The number of fused-ring (bicyclic) bond motifs is 4. The molecule has 1 aromatic heterocycles. The van der Waals surface area contributed by atoms with Gasteiger partial charge in [0.2, 0.25) is 0 Å². The van der Waals surface area contributed by atoms with Crippen molar-refractivity contribution < 1.29 is 14.3 Å². The van der Waals surface area contributed by atoms with Crippen molar-refractivity contribution in [3.8, 4) is 17.0 Å². The molecule has 36 heavy (non-hydrogen) atoms. The van der Waals surface area contributed by atoms with E-state index < -0.39 is 5.60 Å². The lowest BCUT2D eigenvalue weighted by Gasteiger charge is -2.44. The number of carbonyl (C=O) groups is 1. The van der Waals surface area contributed by atoms with Crippen molar-refractivity contribution in [3.63, 3.8) is 0 Å². The molecule has 0 saturated carbocycles. The van der Waals surface area contributed by atoms with Gasteiger partial charge in [-0.15, -0.1) is 0 Å². The van der Waals surface area contributed by atoms with Crippen LogP contribution in [0.4, 0.5) is 4.79 Å². The quantitative estimate of drug-likeness (QED) is 0.567. The minimum Gasteiger partial charge on any atom is -0.480 e. The van der Waals surface area contributed by atoms with E-state index >= 15 is 0 Å². The van der Waals surface area contributed by atoms with E-state index in [2.05, 4.69) is 36.8 Å². The fourth-order valence-electron chi connectivity index (χ4n) is 6.14. The van der Waals surface area contributed by atoms with Crippen LogP contribution in [0.2, 0.25) is 0 Å². The number of para-hydroxylation sites is 1. The summed E-state index contributed by atoms with van der Waals surface area (Å²) in [6.45, 7) is 6.87. The summed E-state index contributed by atoms with van der Waals surface area (Å²) < 4.78 is 14.7. The van der Waals surface area contributed by atoms with Crippen LogP contribution in [0.3, 0.4) is 0 Å². The van der Waals surface area contributed by atoms with Crippen LogP contribution in [0.25, 0.3) is 11.3 Å². The maximum atomic E-state index is 12.8. The number of benzene rings is 2. The van der Waals surface area contributed by atoms with Gasteiger partial charge in [0.05, 0.1) is 11.4 Å². The number of imidazole rings is 1. The van der Waals surface area contributed by atoms with E-state index in [4.69, 9.17) is 14.5 Å². The van der Waals surface area contributed by atoms with Gasteiger partial charge in [0, 0.05) is 56.5 Å². The monoisotopic (exact) mass is 486 g/mol. The molecule has 2 fully saturated rings. The van der Waals surface area contributed by atoms with E-state index in [-0.39, 0.29) is 18.2 Å². The van der Waals surface area contributed by atoms with Gasteiger partial charge in [-0.3, -0.25) is 0 Å². The lowest BCUT2D eigenvalue weighted by molar-refractivity contribution is -0.0116. The van der Waals surface area contributed by atoms with Crippen molar-refractivity contribution in [2.45, 2.75) is 56.8 Å². The first-order chi connectivity index (χ1) is 17.4. The SMILES string of the molecule is Cn1c(C2CNC(C)(C)C2)nc2c1C1(CCN(C(=O)OCc3ccccc3)CC1)Oc1ccccc1-2. The van der Waals surface area contributed by atoms with Gasteiger partial charge in [0.1, 0.15) is 18.2 Å². The second-order valence-electron chi connectivity index (χ2n) is 11.0. The van der Waals surface area contributed by atoms with E-state index in [1.165, 1.54) is 0 Å². The molecule has 2 saturated heterocycles. The molecule has 1 atom stereocenters. The van der Waals surface area contributed by atoms with Crippen molar-refractivity contribution in [2.24, 2.45) is 7.05 Å². The van der Waals surface area contributed by atoms with Gasteiger partial charge >= 0.3 is 6.09 Å². The Hall–Kier alpha value is -3.32. The number of hydrogen-bond donors (Lipinski definition) is 1. The largest absolute Gasteiger partial charge is 0.480 e. The van der Waals surface area contributed by atoms with Gasteiger partial charge in [0.25, 0.3) is 0 Å². The van der Waals surface area contributed by atoms with Crippen molar-refractivity contribution in [3.05, 3.63) is 71.7 Å². The number of likely N-dealkylation sites (tertiary alicyclic amines) is 1. The zero-order valence-corrected chi connectivity index (χ0v) is 21.3. The summed E-state index contributed by atoms with van der Waals surface area (Å²) in [5.74, 6) is 2.34. The molecule has 3 aromatic rings. The van der Waals surface area contributed by atoms with Gasteiger partial charge in [-0.2, -0.15) is 0 Å². The molecule has 4 heterocycles. The van der Waals surface area contributed by atoms with Gasteiger partial charge in [-0.25, -0.2) is 9.78 Å². The summed E-state index contributed by atoms with van der Waals surface area (Å²) >= 11 is 0. The van der Waals surface area contributed by atoms with Gasteiger partial charge in [-0.05, 0) is 38.0 Å². The Morgan fingerprint density at radius 3 is 2.56 bits per heavy atom. The third-order valence-corrected chi connectivity index (χ3v) is 7.99. The van der Waals surface area contributed by atoms with Crippen LogP contribution in [0, 0.1) is 0 Å². The average Bonchev–Trinajstić information content (AvgIpc) is 3.43. The van der Waals surface area contributed by atoms with Crippen LogP contribution in [0.1, 0.15) is 56.1 Å². The fraction of sp³-hybridized carbons (Fsp3) is 0.448. The molecule has 188 valence electrons. The smallest absolute Gasteiger partial charge is 0.410 e. The number of aromatic nitrogens is 2. The maximum absolute atomic E-state index is 12.8. The van der Waals surface area contributed by atoms with Crippen molar-refractivity contribution >= 4 is 6.09 Å². The molecule has 0 bridgehead atoms. The molecule has 1 N–H and O–H groups in total. The number of nitrogens with zero attached hydrogens (tertiary/aromatic N) is 3. The Balaban J connectivity index is 1.26. The highest BCUT2D eigenvalue weighted by atomic mass is 16.6. The molecular formula is C29H34N4O3. The van der Waals surface area contributed by atoms with Crippen LogP contribution in [0.15, 0.2) is 54.6 Å². The number of nitrogens with one attached hydrogen (secondary N) is 1. The van der Waals surface area contributed by atoms with E-state index in [0.717, 1.165) is 47.1 Å². The summed E-state index contributed by atoms with van der Waals surface area (Å²) in [6.07, 6.45) is 2.17. The predicted molar refractivity (Wildman–Crippen MR) is 138 cm³/mol. The number of ether oxygens (including phenoxy) is 2. The second-order valence-corrected chi connectivity index (χ2v) is 11.0. The summed E-state index contributed by atoms with van der Waals surface area (Å²) in [5.41, 5.74) is 3.80. The number of piperidine rings is 1. The highest BCUT2D eigenvalue weighted by Crippen LogP contribution is 2.50. The zero-order valence-electron chi connectivity index (χ0n) is 21.3. The minimum atomic E-state index is -0.512. The first-order valence-corrected chi connectivity index (χ1v) is 12.9. The third-order valence-electron chi connectivity index (χ3n) is 7.99. The number of rotatable bonds is 3. The highest BCUT2D eigenvalue weighted by molar-refractivity contribution is 5.73. The summed E-state index contributed by atoms with van der Waals surface area (Å²) in [4.78, 5) is 19.9. The molecule has 0 radical (unpaired) electrons. The predicted octanol–water partition coefficient (Wildman–Crippen LogP) is 4.96. The normalized spacial score (nSPS) is 21.5. The Labute approximate surface area is 212 Å². The molecule has 6 rings (SSSR count). The number of amides is 1. The molecule has 2 aromatic carbocycles. The molecule has 3 aliphatic heterocycles. The Morgan fingerprint density at radius 1 is 1.11 bits per heavy atom. The van der Waals surface area contributed by atoms with Crippen LogP contribution < -0.4 is 10.1 Å². The molecule has 1 spiro atoms. The third kappa shape index (κ3) is 3.95. The fourth-order valence-corrected chi connectivity index (χ4v) is 6.14. The summed E-state index contributed by atoms with van der Waals surface area (Å²) in [7, 11) is 2.13. The lowest BCUT2D eigenvalue weighted by atomic mass is 9.83. The zero-order chi connectivity index (χ0) is 24.9. The van der Waals surface area contributed by atoms with Crippen LogP contribution in [-0.2, 0) is 24.0 Å². The molecule has 7 nitrogen and oxygen atoms in total. The van der Waals surface area contributed by atoms with Gasteiger partial charge in [0.15, 0.2) is 5.60 Å². The standard InChI is InChI=1S/C29H34N4O3/c1-28(2)17-21(18-30-28)26-31-24-22-11-7-8-12-23(22)36-29(25(24)32(26)3)13-15-33(16-14-29)27(34)35-19-20-9-5-4-6-10-20/h4-12,21,30H,13-19H2,1-3H3. The second kappa shape index (κ2) is 8.66. The lowest BCUT2D eigenvalue weighted by Crippen LogP contribution is -2.50. The van der Waals surface area contributed by atoms with Crippen LogP contribution >= 0.6 is 0 Å². The molecule has 7 heteroatoms.